The fraction of sp³-hybridized carbons (Fsp3) is 0.429. The maximum Gasteiger partial charge on any atom is 0.119 e. The van der Waals surface area contributed by atoms with Crippen LogP contribution < -0.4 is 10.1 Å². The normalized spacial score (nSPS) is 21.1. The first-order chi connectivity index (χ1) is 13.1. The Hall–Kier alpha value is -0.720. The molecule has 0 bridgehead atoms. The van der Waals surface area contributed by atoms with Gasteiger partial charge in [-0.25, -0.2) is 0 Å². The van der Waals surface area contributed by atoms with E-state index in [2.05, 4.69) is 22.3 Å². The van der Waals surface area contributed by atoms with E-state index in [1.165, 1.54) is 11.1 Å². The molecular formula is C21H26Cl4N2O2. The van der Waals surface area contributed by atoms with Crippen LogP contribution in [0.2, 0.25) is 10.0 Å². The molecule has 2 unspecified atom stereocenters. The predicted octanol–water partition coefficient (Wildman–Crippen LogP) is 4.93. The summed E-state index contributed by atoms with van der Waals surface area (Å²) in [5.41, 5.74) is 3.67. The minimum atomic E-state index is 0. The highest BCUT2D eigenvalue weighted by Crippen LogP contribution is 2.40. The number of nitrogens with one attached hydrogen (secondary N) is 1. The van der Waals surface area contributed by atoms with Gasteiger partial charge in [0, 0.05) is 42.6 Å². The first-order valence-corrected chi connectivity index (χ1v) is 10.1. The molecule has 1 fully saturated rings. The smallest absolute Gasteiger partial charge is 0.119 e. The topological polar surface area (TPSA) is 33.7 Å². The minimum Gasteiger partial charge on any atom is -0.497 e. The number of fused-ring (bicyclic) bond motifs is 1. The van der Waals surface area contributed by atoms with Crippen molar-refractivity contribution in [3.05, 3.63) is 63.1 Å². The third kappa shape index (κ3) is 5.71. The second-order valence-electron chi connectivity index (χ2n) is 7.13. The Bertz CT molecular complexity index is 795. The van der Waals surface area contributed by atoms with Crippen LogP contribution in [0, 0.1) is 0 Å². The number of hydrogen-bond donors (Lipinski definition) is 1. The third-order valence-electron chi connectivity index (χ3n) is 5.38. The number of methoxy groups -OCH3 is 1. The summed E-state index contributed by atoms with van der Waals surface area (Å²) in [6.07, 6.45) is 1.00. The standard InChI is InChI=1S/C21H24Cl2N2O2.2ClH/c1-26-18-3-2-15-10-20(27-13-14-8-16(22)11-17(23)9-14)21(19(15)12-18)25-6-4-24-5-7-25;;/h2-3,8-9,11-12,20-21,24H,4-7,10,13H2,1H3;2*1H. The van der Waals surface area contributed by atoms with Crippen LogP contribution in [-0.4, -0.2) is 44.3 Å². The molecule has 2 aromatic rings. The SMILES string of the molecule is COc1ccc2c(c1)C(N1CCNCC1)C(OCc1cc(Cl)cc(Cl)c1)C2.Cl.Cl. The largest absolute Gasteiger partial charge is 0.497 e. The van der Waals surface area contributed by atoms with E-state index in [1.807, 2.05) is 18.2 Å². The number of nitrogens with zero attached hydrogens (tertiary/aromatic N) is 1. The van der Waals surface area contributed by atoms with E-state index in [-0.39, 0.29) is 37.0 Å². The third-order valence-corrected chi connectivity index (χ3v) is 5.81. The average molecular weight is 480 g/mol. The van der Waals surface area contributed by atoms with Gasteiger partial charge in [-0.2, -0.15) is 0 Å². The lowest BCUT2D eigenvalue weighted by Crippen LogP contribution is -2.47. The molecule has 2 atom stereocenters. The zero-order chi connectivity index (χ0) is 18.8. The van der Waals surface area contributed by atoms with Gasteiger partial charge in [0.1, 0.15) is 5.75 Å². The zero-order valence-corrected chi connectivity index (χ0v) is 19.3. The molecule has 2 aliphatic rings. The highest BCUT2D eigenvalue weighted by atomic mass is 35.5. The second-order valence-corrected chi connectivity index (χ2v) is 8.00. The Morgan fingerprint density at radius 3 is 2.38 bits per heavy atom. The average Bonchev–Trinajstić information content (AvgIpc) is 3.03. The Balaban J connectivity index is 0.00000150. The molecule has 160 valence electrons. The van der Waals surface area contributed by atoms with Crippen molar-refractivity contribution in [2.45, 2.75) is 25.2 Å². The van der Waals surface area contributed by atoms with Crippen LogP contribution in [0.5, 0.6) is 5.75 Å². The van der Waals surface area contributed by atoms with Gasteiger partial charge in [-0.1, -0.05) is 29.3 Å². The van der Waals surface area contributed by atoms with Gasteiger partial charge in [-0.05, 0) is 47.0 Å². The molecule has 1 heterocycles. The van der Waals surface area contributed by atoms with Crippen molar-refractivity contribution in [2.24, 2.45) is 0 Å². The molecule has 8 heteroatoms. The molecule has 4 rings (SSSR count). The summed E-state index contributed by atoms with van der Waals surface area (Å²) in [7, 11) is 1.72. The molecule has 0 spiro atoms. The quantitative estimate of drug-likeness (QED) is 0.658. The van der Waals surface area contributed by atoms with Crippen LogP contribution in [0.4, 0.5) is 0 Å². The summed E-state index contributed by atoms with van der Waals surface area (Å²) in [6, 6.07) is 12.2. The maximum atomic E-state index is 6.40. The van der Waals surface area contributed by atoms with Gasteiger partial charge < -0.3 is 14.8 Å². The van der Waals surface area contributed by atoms with Gasteiger partial charge in [0.25, 0.3) is 0 Å². The molecule has 0 amide bonds. The monoisotopic (exact) mass is 478 g/mol. The van der Waals surface area contributed by atoms with Crippen molar-refractivity contribution in [3.63, 3.8) is 0 Å². The summed E-state index contributed by atoms with van der Waals surface area (Å²) >= 11 is 12.3. The molecule has 0 aromatic heterocycles. The van der Waals surface area contributed by atoms with Crippen LogP contribution >= 0.6 is 48.0 Å². The number of rotatable bonds is 5. The number of hydrogen-bond acceptors (Lipinski definition) is 4. The Morgan fingerprint density at radius 2 is 1.72 bits per heavy atom. The van der Waals surface area contributed by atoms with Crippen molar-refractivity contribution in [2.75, 3.05) is 33.3 Å². The Morgan fingerprint density at radius 1 is 1.03 bits per heavy atom. The molecule has 1 saturated heterocycles. The number of ether oxygens (including phenoxy) is 2. The lowest BCUT2D eigenvalue weighted by atomic mass is 10.0. The summed E-state index contributed by atoms with van der Waals surface area (Å²) in [4.78, 5) is 2.53. The Labute approximate surface area is 194 Å². The van der Waals surface area contributed by atoms with E-state index in [9.17, 15) is 0 Å². The van der Waals surface area contributed by atoms with Gasteiger partial charge in [-0.15, -0.1) is 24.8 Å². The van der Waals surface area contributed by atoms with Crippen molar-refractivity contribution in [3.8, 4) is 5.75 Å². The first kappa shape index (κ1) is 24.5. The highest BCUT2D eigenvalue weighted by molar-refractivity contribution is 6.34. The van der Waals surface area contributed by atoms with Gasteiger partial charge in [-0.3, -0.25) is 4.90 Å². The van der Waals surface area contributed by atoms with E-state index < -0.39 is 0 Å². The summed E-state index contributed by atoms with van der Waals surface area (Å²) < 4.78 is 11.9. The molecule has 0 saturated carbocycles. The van der Waals surface area contributed by atoms with E-state index >= 15 is 0 Å². The lowest BCUT2D eigenvalue weighted by molar-refractivity contribution is -0.0188. The summed E-state index contributed by atoms with van der Waals surface area (Å²) in [5, 5.41) is 4.71. The predicted molar refractivity (Wildman–Crippen MR) is 123 cm³/mol. The van der Waals surface area contributed by atoms with Gasteiger partial charge in [0.2, 0.25) is 0 Å². The number of halogens is 4. The van der Waals surface area contributed by atoms with Crippen LogP contribution in [0.25, 0.3) is 0 Å². The van der Waals surface area contributed by atoms with Crippen LogP contribution in [-0.2, 0) is 17.8 Å². The Kier molecular flexibility index (Phi) is 9.36. The van der Waals surface area contributed by atoms with Gasteiger partial charge in [0.05, 0.1) is 25.9 Å². The van der Waals surface area contributed by atoms with Crippen molar-refractivity contribution in [1.29, 1.82) is 0 Å². The zero-order valence-electron chi connectivity index (χ0n) is 16.2. The van der Waals surface area contributed by atoms with E-state index in [1.54, 1.807) is 13.2 Å². The van der Waals surface area contributed by atoms with E-state index in [0.717, 1.165) is 43.9 Å². The van der Waals surface area contributed by atoms with Crippen LogP contribution in [0.3, 0.4) is 0 Å². The van der Waals surface area contributed by atoms with Crippen LogP contribution in [0.1, 0.15) is 22.7 Å². The first-order valence-electron chi connectivity index (χ1n) is 9.32. The summed E-state index contributed by atoms with van der Waals surface area (Å²) in [5.74, 6) is 0.899. The van der Waals surface area contributed by atoms with Gasteiger partial charge >= 0.3 is 0 Å². The fourth-order valence-corrected chi connectivity index (χ4v) is 4.70. The second kappa shape index (κ2) is 11.1. The minimum absolute atomic E-state index is 0. The van der Waals surface area contributed by atoms with Crippen molar-refractivity contribution in [1.82, 2.24) is 10.2 Å². The molecule has 1 N–H and O–H groups in total. The van der Waals surface area contributed by atoms with Crippen molar-refractivity contribution < 1.29 is 9.47 Å². The van der Waals surface area contributed by atoms with E-state index in [4.69, 9.17) is 32.7 Å². The highest BCUT2D eigenvalue weighted by Gasteiger charge is 2.38. The van der Waals surface area contributed by atoms with Crippen LogP contribution in [0.15, 0.2) is 36.4 Å². The molecule has 4 nitrogen and oxygen atoms in total. The van der Waals surface area contributed by atoms with Crippen molar-refractivity contribution >= 4 is 48.0 Å². The van der Waals surface area contributed by atoms with E-state index in [0.29, 0.717) is 16.7 Å². The molecular weight excluding hydrogens is 454 g/mol. The molecule has 1 aliphatic carbocycles. The summed E-state index contributed by atoms with van der Waals surface area (Å²) in [6.45, 7) is 4.55. The maximum absolute atomic E-state index is 6.40. The number of benzene rings is 2. The lowest BCUT2D eigenvalue weighted by Gasteiger charge is -2.36. The van der Waals surface area contributed by atoms with Gasteiger partial charge in [0.15, 0.2) is 0 Å². The fourth-order valence-electron chi connectivity index (χ4n) is 4.13. The molecule has 29 heavy (non-hydrogen) atoms. The molecule has 2 aromatic carbocycles. The molecule has 0 radical (unpaired) electrons. The molecule has 1 aliphatic heterocycles. The number of piperazine rings is 1.